The zero-order chi connectivity index (χ0) is 15.4. The van der Waals surface area contributed by atoms with Gasteiger partial charge in [-0.3, -0.25) is 0 Å². The van der Waals surface area contributed by atoms with E-state index >= 15 is 0 Å². The highest BCUT2D eigenvalue weighted by Gasteiger charge is 2.08. The lowest BCUT2D eigenvalue weighted by atomic mass is 10.1. The molecule has 7 heteroatoms. The van der Waals surface area contributed by atoms with E-state index in [1.54, 1.807) is 16.8 Å². The summed E-state index contributed by atoms with van der Waals surface area (Å²) in [6.07, 6.45) is 0. The Morgan fingerprint density at radius 3 is 2.50 bits per heavy atom. The Morgan fingerprint density at radius 2 is 1.82 bits per heavy atom. The molecule has 0 saturated heterocycles. The molecule has 110 valence electrons. The van der Waals surface area contributed by atoms with E-state index in [4.69, 9.17) is 0 Å². The zero-order valence-corrected chi connectivity index (χ0v) is 12.2. The molecule has 0 atom stereocenters. The number of carboxylic acid groups (broad SMARTS) is 1. The summed E-state index contributed by atoms with van der Waals surface area (Å²) in [5.41, 5.74) is 2.04. The Bertz CT molecular complexity index is 772. The fourth-order valence-corrected chi connectivity index (χ4v) is 2.73. The minimum Gasteiger partial charge on any atom is -0.545 e. The number of carboxylic acids is 1. The van der Waals surface area contributed by atoms with Crippen LogP contribution in [0.5, 0.6) is 0 Å². The first kappa shape index (κ1) is 14.3. The van der Waals surface area contributed by atoms with Gasteiger partial charge in [-0.05, 0) is 33.7 Å². The third-order valence-corrected chi connectivity index (χ3v) is 3.99. The molecule has 0 unspecified atom stereocenters. The molecule has 0 radical (unpaired) electrons. The number of hydrogen-bond donors (Lipinski definition) is 0. The number of para-hydroxylation sites is 1. The van der Waals surface area contributed by atoms with E-state index in [2.05, 4.69) is 15.5 Å². The van der Waals surface area contributed by atoms with Gasteiger partial charge < -0.3 is 9.90 Å². The Hall–Kier alpha value is -2.67. The number of tetrazole rings is 1. The van der Waals surface area contributed by atoms with Crippen LogP contribution in [-0.4, -0.2) is 26.2 Å². The quantitative estimate of drug-likeness (QED) is 0.661. The molecule has 0 aliphatic rings. The molecule has 0 spiro atoms. The van der Waals surface area contributed by atoms with Crippen LogP contribution in [0.15, 0.2) is 59.8 Å². The first-order chi connectivity index (χ1) is 10.7. The first-order valence-corrected chi connectivity index (χ1v) is 7.49. The van der Waals surface area contributed by atoms with Crippen molar-refractivity contribution in [2.24, 2.45) is 0 Å². The van der Waals surface area contributed by atoms with Gasteiger partial charge in [-0.1, -0.05) is 54.2 Å². The molecule has 0 aliphatic carbocycles. The number of aromatic nitrogens is 4. The number of rotatable bonds is 5. The lowest BCUT2D eigenvalue weighted by Gasteiger charge is -2.05. The van der Waals surface area contributed by atoms with E-state index in [1.807, 2.05) is 30.3 Å². The Kier molecular flexibility index (Phi) is 4.15. The fraction of sp³-hybridized carbons (Fsp3) is 0.0667. The third kappa shape index (κ3) is 3.15. The second-order valence-corrected chi connectivity index (χ2v) is 5.42. The number of hydrogen-bond acceptors (Lipinski definition) is 6. The standard InChI is InChI=1S/C15H12N4O2S/c20-14(21)12-8-6-11(7-9-12)10-22-15-16-17-18-19(15)13-4-2-1-3-5-13/h1-9H,10H2,(H,20,21)/p-1. The van der Waals surface area contributed by atoms with Gasteiger partial charge in [0, 0.05) is 5.75 Å². The maximum absolute atomic E-state index is 10.7. The van der Waals surface area contributed by atoms with Crippen LogP contribution in [-0.2, 0) is 5.75 Å². The van der Waals surface area contributed by atoms with Crippen LogP contribution in [0.25, 0.3) is 5.69 Å². The first-order valence-electron chi connectivity index (χ1n) is 6.51. The van der Waals surface area contributed by atoms with Crippen molar-refractivity contribution in [1.29, 1.82) is 0 Å². The molecule has 6 nitrogen and oxygen atoms in total. The second-order valence-electron chi connectivity index (χ2n) is 4.48. The SMILES string of the molecule is O=C([O-])c1ccc(CSc2nnnn2-c2ccccc2)cc1. The molecule has 3 rings (SSSR count). The van der Waals surface area contributed by atoms with Crippen LogP contribution in [0.2, 0.25) is 0 Å². The average molecular weight is 311 g/mol. The number of benzene rings is 2. The molecule has 1 heterocycles. The van der Waals surface area contributed by atoms with E-state index in [0.717, 1.165) is 11.3 Å². The van der Waals surface area contributed by atoms with Gasteiger partial charge in [-0.25, -0.2) is 0 Å². The minimum atomic E-state index is -1.17. The number of nitrogens with zero attached hydrogens (tertiary/aromatic N) is 4. The summed E-state index contributed by atoms with van der Waals surface area (Å²) >= 11 is 1.48. The van der Waals surface area contributed by atoms with Gasteiger partial charge in [-0.15, -0.1) is 5.10 Å². The van der Waals surface area contributed by atoms with Gasteiger partial charge in [0.1, 0.15) is 0 Å². The van der Waals surface area contributed by atoms with E-state index < -0.39 is 5.97 Å². The van der Waals surface area contributed by atoms with Crippen LogP contribution in [0, 0.1) is 0 Å². The largest absolute Gasteiger partial charge is 0.545 e. The summed E-state index contributed by atoms with van der Waals surface area (Å²) in [5, 5.41) is 23.1. The molecule has 22 heavy (non-hydrogen) atoms. The summed E-state index contributed by atoms with van der Waals surface area (Å²) in [4.78, 5) is 10.7. The van der Waals surface area contributed by atoms with Crippen molar-refractivity contribution in [3.05, 3.63) is 65.7 Å². The van der Waals surface area contributed by atoms with Gasteiger partial charge in [0.05, 0.1) is 11.7 Å². The predicted octanol–water partition coefficient (Wildman–Crippen LogP) is 1.32. The van der Waals surface area contributed by atoms with Crippen molar-refractivity contribution in [1.82, 2.24) is 20.2 Å². The summed E-state index contributed by atoms with van der Waals surface area (Å²) in [6.45, 7) is 0. The summed E-state index contributed by atoms with van der Waals surface area (Å²) in [5.74, 6) is -0.534. The summed E-state index contributed by atoms with van der Waals surface area (Å²) in [7, 11) is 0. The molecule has 0 N–H and O–H groups in total. The van der Waals surface area contributed by atoms with Crippen LogP contribution in [0.1, 0.15) is 15.9 Å². The number of aromatic carboxylic acids is 1. The van der Waals surface area contributed by atoms with Crippen molar-refractivity contribution in [2.75, 3.05) is 0 Å². The van der Waals surface area contributed by atoms with Crippen LogP contribution in [0.3, 0.4) is 0 Å². The molecule has 0 aliphatic heterocycles. The lowest BCUT2D eigenvalue weighted by molar-refractivity contribution is -0.255. The maximum atomic E-state index is 10.7. The average Bonchev–Trinajstić information content (AvgIpc) is 3.02. The monoisotopic (exact) mass is 311 g/mol. The molecule has 3 aromatic rings. The van der Waals surface area contributed by atoms with Crippen molar-refractivity contribution in [3.63, 3.8) is 0 Å². The summed E-state index contributed by atoms with van der Waals surface area (Å²) in [6, 6.07) is 16.2. The predicted molar refractivity (Wildman–Crippen MR) is 79.5 cm³/mol. The molecule has 0 bridgehead atoms. The lowest BCUT2D eigenvalue weighted by Crippen LogP contribution is -2.21. The van der Waals surface area contributed by atoms with Gasteiger partial charge in [0.25, 0.3) is 0 Å². The summed E-state index contributed by atoms with van der Waals surface area (Å²) < 4.78 is 1.67. The molecule has 2 aromatic carbocycles. The minimum absolute atomic E-state index is 0.169. The van der Waals surface area contributed by atoms with E-state index in [9.17, 15) is 9.90 Å². The van der Waals surface area contributed by atoms with Crippen molar-refractivity contribution in [2.45, 2.75) is 10.9 Å². The Balaban J connectivity index is 1.72. The van der Waals surface area contributed by atoms with Crippen molar-refractivity contribution >= 4 is 17.7 Å². The van der Waals surface area contributed by atoms with E-state index in [-0.39, 0.29) is 5.56 Å². The molecular weight excluding hydrogens is 300 g/mol. The smallest absolute Gasteiger partial charge is 0.214 e. The van der Waals surface area contributed by atoms with Crippen LogP contribution in [0.4, 0.5) is 0 Å². The molecule has 0 amide bonds. The second kappa shape index (κ2) is 6.40. The van der Waals surface area contributed by atoms with Crippen molar-refractivity contribution in [3.8, 4) is 5.69 Å². The number of carbonyl (C=O) groups excluding carboxylic acids is 1. The highest BCUT2D eigenvalue weighted by atomic mass is 32.2. The van der Waals surface area contributed by atoms with Gasteiger partial charge in [-0.2, -0.15) is 4.68 Å². The molecule has 0 fully saturated rings. The Labute approximate surface area is 130 Å². The highest BCUT2D eigenvalue weighted by Crippen LogP contribution is 2.22. The number of thioether (sulfide) groups is 1. The van der Waals surface area contributed by atoms with Crippen molar-refractivity contribution < 1.29 is 9.90 Å². The van der Waals surface area contributed by atoms with E-state index in [0.29, 0.717) is 10.9 Å². The number of carbonyl (C=O) groups is 1. The highest BCUT2D eigenvalue weighted by molar-refractivity contribution is 7.98. The molecular formula is C15H11N4O2S-. The maximum Gasteiger partial charge on any atom is 0.214 e. The molecule has 1 aromatic heterocycles. The van der Waals surface area contributed by atoms with Gasteiger partial charge >= 0.3 is 0 Å². The van der Waals surface area contributed by atoms with Crippen LogP contribution < -0.4 is 5.11 Å². The topological polar surface area (TPSA) is 83.7 Å². The third-order valence-electron chi connectivity index (χ3n) is 3.00. The Morgan fingerprint density at radius 1 is 1.09 bits per heavy atom. The fourth-order valence-electron chi connectivity index (χ4n) is 1.89. The normalized spacial score (nSPS) is 10.5. The van der Waals surface area contributed by atoms with Gasteiger partial charge in [0.15, 0.2) is 0 Å². The van der Waals surface area contributed by atoms with E-state index in [1.165, 1.54) is 23.9 Å². The van der Waals surface area contributed by atoms with Crippen LogP contribution >= 0.6 is 11.8 Å². The van der Waals surface area contributed by atoms with Gasteiger partial charge in [0.2, 0.25) is 5.16 Å². The molecule has 0 saturated carbocycles. The zero-order valence-electron chi connectivity index (χ0n) is 11.4.